The number of aryl methyl sites for hydroxylation is 1. The summed E-state index contributed by atoms with van der Waals surface area (Å²) in [7, 11) is 1.53. The number of rotatable bonds is 9. The molecule has 1 fully saturated rings. The Labute approximate surface area is 236 Å². The summed E-state index contributed by atoms with van der Waals surface area (Å²) in [6.07, 6.45) is 5.54. The van der Waals surface area contributed by atoms with Crippen molar-refractivity contribution in [2.24, 2.45) is 0 Å². The number of hydrogen-bond donors (Lipinski definition) is 4. The Balaban J connectivity index is 1.36. The summed E-state index contributed by atoms with van der Waals surface area (Å²) in [4.78, 5) is 29.7. The zero-order chi connectivity index (χ0) is 28.5. The van der Waals surface area contributed by atoms with Gasteiger partial charge in [-0.2, -0.15) is 9.97 Å². The van der Waals surface area contributed by atoms with Crippen molar-refractivity contribution in [3.05, 3.63) is 54.0 Å². The van der Waals surface area contributed by atoms with Crippen LogP contribution in [0.5, 0.6) is 11.6 Å². The normalized spacial score (nSPS) is 14.4. The first-order valence-corrected chi connectivity index (χ1v) is 13.7. The summed E-state index contributed by atoms with van der Waals surface area (Å²) in [5.41, 5.74) is 4.96. The number of ether oxygens (including phenoxy) is 2. The van der Waals surface area contributed by atoms with Crippen LogP contribution in [0.4, 0.5) is 11.6 Å². The third-order valence-electron chi connectivity index (χ3n) is 7.15. The number of aliphatic hydroxyl groups excluding tert-OH is 1. The molecule has 0 radical (unpaired) electrons. The number of aliphatic hydroxyl groups is 1. The maximum absolute atomic E-state index is 12.5. The number of hydrogen-bond acceptors (Lipinski definition) is 9. The molecule has 1 aliphatic carbocycles. The standard InChI is InChI=1S/C30H32N6O5/c1-16(37)14-32-28(38)19-9-11-22(24(13-19)39-3)34-30-35-27-26(29(36-30)41-20-6-4-5-7-20)21(15-31-27)18-8-10-23-25(12-18)40-17(2)33-23/h8-13,15-16,20,37H,4-7,14H2,1-3H3,(H,32,38)(H2,31,34,35,36)/t16-/m0/s1. The third kappa shape index (κ3) is 5.53. The Morgan fingerprint density at radius 1 is 1.17 bits per heavy atom. The van der Waals surface area contributed by atoms with Crippen molar-refractivity contribution in [2.45, 2.75) is 51.7 Å². The van der Waals surface area contributed by atoms with Crippen LogP contribution in [-0.4, -0.2) is 56.8 Å². The average Bonchev–Trinajstić information content (AvgIpc) is 3.71. The van der Waals surface area contributed by atoms with Crippen LogP contribution in [0.3, 0.4) is 0 Å². The molecule has 11 heteroatoms. The highest BCUT2D eigenvalue weighted by Crippen LogP contribution is 2.38. The van der Waals surface area contributed by atoms with Gasteiger partial charge in [0.2, 0.25) is 11.8 Å². The first kappa shape index (κ1) is 26.6. The minimum absolute atomic E-state index is 0.0806. The number of nitrogens with zero attached hydrogens (tertiary/aromatic N) is 3. The lowest BCUT2D eigenvalue weighted by Gasteiger charge is -2.16. The number of anilines is 2. The molecular formula is C30H32N6O5. The number of amides is 1. The molecule has 0 spiro atoms. The first-order valence-electron chi connectivity index (χ1n) is 13.7. The van der Waals surface area contributed by atoms with Crippen LogP contribution in [0, 0.1) is 6.92 Å². The van der Waals surface area contributed by atoms with Crippen LogP contribution in [0.15, 0.2) is 47.0 Å². The van der Waals surface area contributed by atoms with E-state index in [2.05, 4.69) is 20.6 Å². The van der Waals surface area contributed by atoms with E-state index in [1.807, 2.05) is 31.3 Å². The van der Waals surface area contributed by atoms with Crippen LogP contribution < -0.4 is 20.1 Å². The molecule has 11 nitrogen and oxygen atoms in total. The number of methoxy groups -OCH3 is 1. The number of benzene rings is 2. The zero-order valence-electron chi connectivity index (χ0n) is 23.2. The number of H-pyrrole nitrogens is 1. The monoisotopic (exact) mass is 556 g/mol. The Hall–Kier alpha value is -4.64. The van der Waals surface area contributed by atoms with E-state index in [1.54, 1.807) is 25.1 Å². The Kier molecular flexibility index (Phi) is 7.19. The van der Waals surface area contributed by atoms with E-state index in [9.17, 15) is 9.90 Å². The number of oxazole rings is 1. The van der Waals surface area contributed by atoms with Gasteiger partial charge in [0.1, 0.15) is 23.0 Å². The van der Waals surface area contributed by atoms with Crippen LogP contribution in [-0.2, 0) is 0 Å². The quantitative estimate of drug-likeness (QED) is 0.191. The van der Waals surface area contributed by atoms with Crippen molar-refractivity contribution in [2.75, 3.05) is 19.0 Å². The molecule has 1 aliphatic rings. The number of carbonyl (C=O) groups is 1. The molecule has 0 aliphatic heterocycles. The number of aromatic amines is 1. The molecular weight excluding hydrogens is 524 g/mol. The van der Waals surface area contributed by atoms with Crippen LogP contribution in [0.1, 0.15) is 48.9 Å². The minimum Gasteiger partial charge on any atom is -0.495 e. The van der Waals surface area contributed by atoms with Crippen molar-refractivity contribution in [3.63, 3.8) is 0 Å². The van der Waals surface area contributed by atoms with Gasteiger partial charge < -0.3 is 34.6 Å². The Morgan fingerprint density at radius 2 is 2.00 bits per heavy atom. The molecule has 4 N–H and O–H groups in total. The van der Waals surface area contributed by atoms with E-state index in [4.69, 9.17) is 23.9 Å². The number of carbonyl (C=O) groups excluding carboxylic acids is 1. The molecule has 2 aromatic carbocycles. The molecule has 1 atom stereocenters. The van der Waals surface area contributed by atoms with E-state index in [0.717, 1.165) is 47.7 Å². The second-order valence-electron chi connectivity index (χ2n) is 10.3. The van der Waals surface area contributed by atoms with E-state index >= 15 is 0 Å². The summed E-state index contributed by atoms with van der Waals surface area (Å²) in [6.45, 7) is 3.59. The molecule has 3 aromatic heterocycles. The molecule has 0 unspecified atom stereocenters. The summed E-state index contributed by atoms with van der Waals surface area (Å²) in [5, 5.41) is 16.2. The lowest BCUT2D eigenvalue weighted by Crippen LogP contribution is -2.30. The average molecular weight is 557 g/mol. The van der Waals surface area contributed by atoms with Gasteiger partial charge in [-0.25, -0.2) is 4.98 Å². The van der Waals surface area contributed by atoms with Gasteiger partial charge in [0.15, 0.2) is 11.5 Å². The predicted octanol–water partition coefficient (Wildman–Crippen LogP) is 5.26. The van der Waals surface area contributed by atoms with Crippen molar-refractivity contribution in [1.29, 1.82) is 0 Å². The molecule has 3 heterocycles. The minimum atomic E-state index is -0.641. The fraction of sp³-hybridized carbons (Fsp3) is 0.333. The molecule has 0 bridgehead atoms. The van der Waals surface area contributed by atoms with E-state index in [1.165, 1.54) is 7.11 Å². The zero-order valence-corrected chi connectivity index (χ0v) is 23.2. The highest BCUT2D eigenvalue weighted by Gasteiger charge is 2.23. The van der Waals surface area contributed by atoms with Crippen molar-refractivity contribution < 1.29 is 23.8 Å². The third-order valence-corrected chi connectivity index (χ3v) is 7.15. The van der Waals surface area contributed by atoms with Gasteiger partial charge in [0, 0.05) is 30.8 Å². The summed E-state index contributed by atoms with van der Waals surface area (Å²) >= 11 is 0. The summed E-state index contributed by atoms with van der Waals surface area (Å²) in [6, 6.07) is 10.9. The van der Waals surface area contributed by atoms with Gasteiger partial charge in [-0.05, 0) is 68.5 Å². The molecule has 41 heavy (non-hydrogen) atoms. The second-order valence-corrected chi connectivity index (χ2v) is 10.3. The van der Waals surface area contributed by atoms with Gasteiger partial charge in [0.05, 0.1) is 24.3 Å². The van der Waals surface area contributed by atoms with E-state index in [0.29, 0.717) is 45.9 Å². The molecule has 1 saturated carbocycles. The Morgan fingerprint density at radius 3 is 2.78 bits per heavy atom. The molecule has 0 saturated heterocycles. The van der Waals surface area contributed by atoms with Crippen LogP contribution in [0.2, 0.25) is 0 Å². The van der Waals surface area contributed by atoms with Crippen LogP contribution >= 0.6 is 0 Å². The fourth-order valence-corrected chi connectivity index (χ4v) is 5.14. The van der Waals surface area contributed by atoms with Gasteiger partial charge >= 0.3 is 0 Å². The SMILES string of the molecule is COc1cc(C(=O)NC[C@H](C)O)ccc1Nc1nc(OC2CCCC2)c2c(-c3ccc4nc(C)oc4c3)c[nH]c2n1. The largest absolute Gasteiger partial charge is 0.495 e. The molecule has 1 amide bonds. The van der Waals surface area contributed by atoms with E-state index < -0.39 is 6.10 Å². The lowest BCUT2D eigenvalue weighted by atomic mass is 10.1. The Bertz CT molecular complexity index is 1720. The number of aromatic nitrogens is 4. The lowest BCUT2D eigenvalue weighted by molar-refractivity contribution is 0.0923. The summed E-state index contributed by atoms with van der Waals surface area (Å²) in [5.74, 6) is 1.56. The maximum Gasteiger partial charge on any atom is 0.251 e. The highest BCUT2D eigenvalue weighted by atomic mass is 16.5. The number of nitrogens with one attached hydrogen (secondary N) is 3. The van der Waals surface area contributed by atoms with Gasteiger partial charge in [-0.3, -0.25) is 4.79 Å². The first-order chi connectivity index (χ1) is 19.9. The van der Waals surface area contributed by atoms with Gasteiger partial charge in [0.25, 0.3) is 5.91 Å². The van der Waals surface area contributed by atoms with Crippen LogP contribution in [0.25, 0.3) is 33.3 Å². The second kappa shape index (κ2) is 11.1. The number of fused-ring (bicyclic) bond motifs is 2. The molecule has 212 valence electrons. The topological polar surface area (TPSA) is 147 Å². The van der Waals surface area contributed by atoms with Gasteiger partial charge in [-0.1, -0.05) is 6.07 Å². The predicted molar refractivity (Wildman–Crippen MR) is 155 cm³/mol. The molecule has 5 aromatic rings. The summed E-state index contributed by atoms with van der Waals surface area (Å²) < 4.78 is 17.8. The van der Waals surface area contributed by atoms with E-state index in [-0.39, 0.29) is 18.6 Å². The molecule has 6 rings (SSSR count). The fourth-order valence-electron chi connectivity index (χ4n) is 5.14. The highest BCUT2D eigenvalue weighted by molar-refractivity contribution is 5.99. The van der Waals surface area contributed by atoms with Crippen molar-refractivity contribution >= 4 is 39.7 Å². The van der Waals surface area contributed by atoms with Crippen molar-refractivity contribution in [3.8, 4) is 22.8 Å². The smallest absolute Gasteiger partial charge is 0.251 e. The maximum atomic E-state index is 12.5. The van der Waals surface area contributed by atoms with Crippen molar-refractivity contribution in [1.82, 2.24) is 25.3 Å². The van der Waals surface area contributed by atoms with Gasteiger partial charge in [-0.15, -0.1) is 0 Å².